The zero-order valence-corrected chi connectivity index (χ0v) is 16.2. The van der Waals surface area contributed by atoms with Gasteiger partial charge >= 0.3 is 0 Å². The Morgan fingerprint density at radius 2 is 1.80 bits per heavy atom. The van der Waals surface area contributed by atoms with Crippen molar-refractivity contribution in [2.45, 2.75) is 19.8 Å². The maximum atomic E-state index is 12.1. The van der Waals surface area contributed by atoms with Crippen LogP contribution in [0.25, 0.3) is 0 Å². The van der Waals surface area contributed by atoms with Crippen LogP contribution in [-0.4, -0.2) is 25.0 Å². The molecule has 0 aliphatic rings. The highest BCUT2D eigenvalue weighted by Crippen LogP contribution is 2.23. The second kappa shape index (κ2) is 10.0. The highest BCUT2D eigenvalue weighted by molar-refractivity contribution is 14.1. The third-order valence-electron chi connectivity index (χ3n) is 3.44. The van der Waals surface area contributed by atoms with Gasteiger partial charge in [-0.25, -0.2) is 0 Å². The van der Waals surface area contributed by atoms with Crippen molar-refractivity contribution in [2.75, 3.05) is 18.5 Å². The number of halogens is 1. The molecule has 2 aromatic carbocycles. The van der Waals surface area contributed by atoms with Crippen molar-refractivity contribution < 1.29 is 14.3 Å². The summed E-state index contributed by atoms with van der Waals surface area (Å²) in [7, 11) is 0. The van der Waals surface area contributed by atoms with Crippen molar-refractivity contribution in [1.29, 1.82) is 0 Å². The second-order valence-corrected chi connectivity index (χ2v) is 6.57. The van der Waals surface area contributed by atoms with Gasteiger partial charge in [-0.05, 0) is 53.3 Å². The van der Waals surface area contributed by atoms with Gasteiger partial charge in [0.2, 0.25) is 5.91 Å². The van der Waals surface area contributed by atoms with E-state index in [1.165, 1.54) is 0 Å². The van der Waals surface area contributed by atoms with Crippen molar-refractivity contribution in [3.63, 3.8) is 0 Å². The zero-order valence-electron chi connectivity index (χ0n) is 14.0. The van der Waals surface area contributed by atoms with Gasteiger partial charge in [-0.3, -0.25) is 9.59 Å². The maximum Gasteiger partial charge on any atom is 0.252 e. The van der Waals surface area contributed by atoms with E-state index in [9.17, 15) is 9.59 Å². The van der Waals surface area contributed by atoms with Gasteiger partial charge in [-0.2, -0.15) is 0 Å². The normalized spacial score (nSPS) is 10.2. The zero-order chi connectivity index (χ0) is 18.1. The number of para-hydroxylation sites is 2. The van der Waals surface area contributed by atoms with Crippen LogP contribution >= 0.6 is 22.6 Å². The van der Waals surface area contributed by atoms with E-state index in [1.54, 1.807) is 18.2 Å². The predicted octanol–water partition coefficient (Wildman–Crippen LogP) is 3.84. The Hall–Kier alpha value is -2.09. The third-order valence-corrected chi connectivity index (χ3v) is 4.39. The average molecular weight is 452 g/mol. The van der Waals surface area contributed by atoms with E-state index in [1.807, 2.05) is 30.3 Å². The Morgan fingerprint density at radius 3 is 2.56 bits per heavy atom. The summed E-state index contributed by atoms with van der Waals surface area (Å²) in [5, 5.41) is 5.41. The fraction of sp³-hybridized carbons (Fsp3) is 0.263. The summed E-state index contributed by atoms with van der Waals surface area (Å²) in [4.78, 5) is 24.3. The quantitative estimate of drug-likeness (QED) is 0.473. The summed E-state index contributed by atoms with van der Waals surface area (Å²) < 4.78 is 6.53. The van der Waals surface area contributed by atoms with Crippen LogP contribution in [0.2, 0.25) is 0 Å². The molecule has 0 unspecified atom stereocenters. The van der Waals surface area contributed by atoms with Gasteiger partial charge in [0.1, 0.15) is 5.75 Å². The molecule has 0 fully saturated rings. The lowest BCUT2D eigenvalue weighted by atomic mass is 10.2. The summed E-state index contributed by atoms with van der Waals surface area (Å²) in [5.74, 6) is 0.0618. The van der Waals surface area contributed by atoms with Crippen LogP contribution in [0.3, 0.4) is 0 Å². The van der Waals surface area contributed by atoms with E-state index in [0.717, 1.165) is 16.4 Å². The van der Waals surface area contributed by atoms with Gasteiger partial charge in [0, 0.05) is 3.57 Å². The van der Waals surface area contributed by atoms with Crippen LogP contribution in [0.5, 0.6) is 5.75 Å². The average Bonchev–Trinajstić information content (AvgIpc) is 2.62. The standard InChI is InChI=1S/C19H21IN2O3/c1-2-3-12-25-17-11-7-6-10-16(17)22-18(23)13-21-19(24)14-8-4-5-9-15(14)20/h4-11H,2-3,12-13H2,1H3,(H,21,24)(H,22,23). The van der Waals surface area contributed by atoms with Crippen LogP contribution < -0.4 is 15.4 Å². The van der Waals surface area contributed by atoms with Crippen molar-refractivity contribution in [1.82, 2.24) is 5.32 Å². The molecule has 0 aliphatic heterocycles. The number of hydrogen-bond acceptors (Lipinski definition) is 3. The van der Waals surface area contributed by atoms with E-state index in [-0.39, 0.29) is 18.4 Å². The molecule has 132 valence electrons. The van der Waals surface area contributed by atoms with Crippen LogP contribution in [-0.2, 0) is 4.79 Å². The molecule has 2 N–H and O–H groups in total. The van der Waals surface area contributed by atoms with Gasteiger partial charge in [0.15, 0.2) is 0 Å². The summed E-state index contributed by atoms with van der Waals surface area (Å²) >= 11 is 2.09. The van der Waals surface area contributed by atoms with Gasteiger partial charge in [-0.1, -0.05) is 37.6 Å². The minimum absolute atomic E-state index is 0.104. The van der Waals surface area contributed by atoms with Crippen molar-refractivity contribution >= 4 is 40.1 Å². The third kappa shape index (κ3) is 6.04. The van der Waals surface area contributed by atoms with E-state index in [2.05, 4.69) is 40.1 Å². The number of amides is 2. The van der Waals surface area contributed by atoms with E-state index < -0.39 is 0 Å². The molecular weight excluding hydrogens is 431 g/mol. The molecule has 0 aromatic heterocycles. The molecule has 2 aromatic rings. The molecule has 2 rings (SSSR count). The first-order chi connectivity index (χ1) is 12.1. The van der Waals surface area contributed by atoms with Crippen molar-refractivity contribution in [3.05, 3.63) is 57.7 Å². The highest BCUT2D eigenvalue weighted by Gasteiger charge is 2.12. The summed E-state index contributed by atoms with van der Waals surface area (Å²) in [6.45, 7) is 2.59. The fourth-order valence-electron chi connectivity index (χ4n) is 2.12. The summed E-state index contributed by atoms with van der Waals surface area (Å²) in [6.07, 6.45) is 1.99. The Balaban J connectivity index is 1.90. The molecule has 0 radical (unpaired) electrons. The molecule has 0 heterocycles. The molecule has 0 saturated carbocycles. The number of ether oxygens (including phenoxy) is 1. The SMILES string of the molecule is CCCCOc1ccccc1NC(=O)CNC(=O)c1ccccc1I. The monoisotopic (exact) mass is 452 g/mol. The Labute approximate surface area is 161 Å². The first kappa shape index (κ1) is 19.2. The lowest BCUT2D eigenvalue weighted by Crippen LogP contribution is -2.33. The van der Waals surface area contributed by atoms with Crippen LogP contribution in [0.15, 0.2) is 48.5 Å². The molecule has 0 atom stereocenters. The van der Waals surface area contributed by atoms with Gasteiger partial charge in [0.25, 0.3) is 5.91 Å². The molecule has 6 heteroatoms. The second-order valence-electron chi connectivity index (χ2n) is 5.41. The number of rotatable bonds is 8. The van der Waals surface area contributed by atoms with E-state index in [4.69, 9.17) is 4.74 Å². The number of nitrogens with one attached hydrogen (secondary N) is 2. The lowest BCUT2D eigenvalue weighted by Gasteiger charge is -2.12. The van der Waals surface area contributed by atoms with Gasteiger partial charge < -0.3 is 15.4 Å². The van der Waals surface area contributed by atoms with Gasteiger partial charge in [0.05, 0.1) is 24.4 Å². The molecule has 0 saturated heterocycles. The van der Waals surface area contributed by atoms with Crippen LogP contribution in [0.1, 0.15) is 30.1 Å². The van der Waals surface area contributed by atoms with E-state index >= 15 is 0 Å². The smallest absolute Gasteiger partial charge is 0.252 e. The topological polar surface area (TPSA) is 67.4 Å². The number of unbranched alkanes of at least 4 members (excludes halogenated alkanes) is 1. The maximum absolute atomic E-state index is 12.1. The molecular formula is C19H21IN2O3. The molecule has 25 heavy (non-hydrogen) atoms. The molecule has 0 aliphatic carbocycles. The molecule has 0 spiro atoms. The minimum atomic E-state index is -0.300. The van der Waals surface area contributed by atoms with Crippen LogP contribution in [0.4, 0.5) is 5.69 Å². The summed E-state index contributed by atoms with van der Waals surface area (Å²) in [5.41, 5.74) is 1.16. The Morgan fingerprint density at radius 1 is 1.08 bits per heavy atom. The largest absolute Gasteiger partial charge is 0.491 e. The molecule has 2 amide bonds. The van der Waals surface area contributed by atoms with Crippen LogP contribution in [0, 0.1) is 3.57 Å². The fourth-order valence-corrected chi connectivity index (χ4v) is 2.75. The number of carbonyl (C=O) groups excluding carboxylic acids is 2. The number of carbonyl (C=O) groups is 2. The van der Waals surface area contributed by atoms with Crippen molar-refractivity contribution in [2.24, 2.45) is 0 Å². The highest BCUT2D eigenvalue weighted by atomic mass is 127. The van der Waals surface area contributed by atoms with Gasteiger partial charge in [-0.15, -0.1) is 0 Å². The predicted molar refractivity (Wildman–Crippen MR) is 107 cm³/mol. The minimum Gasteiger partial charge on any atom is -0.491 e. The Bertz CT molecular complexity index is 734. The molecule has 0 bridgehead atoms. The lowest BCUT2D eigenvalue weighted by molar-refractivity contribution is -0.115. The summed E-state index contributed by atoms with van der Waals surface area (Å²) in [6, 6.07) is 14.5. The number of anilines is 1. The number of benzene rings is 2. The first-order valence-electron chi connectivity index (χ1n) is 8.16. The molecule has 5 nitrogen and oxygen atoms in total. The van der Waals surface area contributed by atoms with Crippen molar-refractivity contribution in [3.8, 4) is 5.75 Å². The number of hydrogen-bond donors (Lipinski definition) is 2. The Kier molecular flexibility index (Phi) is 7.72. The first-order valence-corrected chi connectivity index (χ1v) is 9.24. The van der Waals surface area contributed by atoms with E-state index in [0.29, 0.717) is 23.6 Å².